The molecule has 3 aromatic rings. The van der Waals surface area contributed by atoms with Crippen LogP contribution in [0.4, 0.5) is 11.4 Å². The van der Waals surface area contributed by atoms with Gasteiger partial charge in [-0.15, -0.1) is 0 Å². The van der Waals surface area contributed by atoms with Gasteiger partial charge in [0.2, 0.25) is 0 Å². The van der Waals surface area contributed by atoms with Crippen LogP contribution < -0.4 is 5.32 Å². The molecule has 0 saturated heterocycles. The van der Waals surface area contributed by atoms with Gasteiger partial charge in [0.25, 0.3) is 11.6 Å². The number of halogens is 1. The maximum atomic E-state index is 12.7. The van der Waals surface area contributed by atoms with Crippen LogP contribution in [0.1, 0.15) is 34.8 Å². The molecule has 1 fully saturated rings. The first kappa shape index (κ1) is 19.8. The van der Waals surface area contributed by atoms with Gasteiger partial charge in [-0.2, -0.15) is 0 Å². The van der Waals surface area contributed by atoms with Crippen LogP contribution in [0.2, 0.25) is 5.02 Å². The molecule has 1 aliphatic carbocycles. The minimum absolute atomic E-state index is 0.0669. The number of fused-ring (bicyclic) bond motifs is 1. The third-order valence-corrected chi connectivity index (χ3v) is 5.05. The first-order chi connectivity index (χ1) is 14.4. The van der Waals surface area contributed by atoms with Crippen molar-refractivity contribution in [3.05, 3.63) is 74.9 Å². The Hall–Kier alpha value is -3.52. The molecule has 1 aromatic heterocycles. The number of pyridine rings is 1. The van der Waals surface area contributed by atoms with Gasteiger partial charge in [0.1, 0.15) is 0 Å². The normalized spacial score (nSPS) is 13.1. The van der Waals surface area contributed by atoms with E-state index in [0.29, 0.717) is 22.4 Å². The number of rotatable bonds is 6. The lowest BCUT2D eigenvalue weighted by Gasteiger charge is -2.10. The molecule has 1 amide bonds. The number of nitro benzene ring substituents is 1. The smallest absolute Gasteiger partial charge is 0.339 e. The maximum absolute atomic E-state index is 12.7. The number of carbonyl (C=O) groups excluding carboxylic acids is 2. The Morgan fingerprint density at radius 1 is 1.20 bits per heavy atom. The third-order valence-electron chi connectivity index (χ3n) is 4.72. The number of anilines is 1. The lowest BCUT2D eigenvalue weighted by atomic mass is 10.1. The molecule has 1 N–H and O–H groups in total. The average molecular weight is 426 g/mol. The summed E-state index contributed by atoms with van der Waals surface area (Å²) >= 11 is 5.97. The lowest BCUT2D eigenvalue weighted by Crippen LogP contribution is -2.21. The van der Waals surface area contributed by atoms with Gasteiger partial charge >= 0.3 is 5.97 Å². The zero-order valence-electron chi connectivity index (χ0n) is 15.6. The number of nitrogens with zero attached hydrogens (tertiary/aromatic N) is 2. The molecule has 0 radical (unpaired) electrons. The first-order valence-electron chi connectivity index (χ1n) is 9.23. The number of hydrogen-bond acceptors (Lipinski definition) is 6. The highest BCUT2D eigenvalue weighted by atomic mass is 35.5. The van der Waals surface area contributed by atoms with Crippen LogP contribution in [0.3, 0.4) is 0 Å². The van der Waals surface area contributed by atoms with E-state index in [-0.39, 0.29) is 16.4 Å². The summed E-state index contributed by atoms with van der Waals surface area (Å²) in [6, 6.07) is 12.6. The summed E-state index contributed by atoms with van der Waals surface area (Å²) in [6.45, 7) is -0.562. The van der Waals surface area contributed by atoms with E-state index in [1.165, 1.54) is 12.1 Å². The van der Waals surface area contributed by atoms with Crippen LogP contribution in [0, 0.1) is 10.1 Å². The Kier molecular flexibility index (Phi) is 5.33. The molecule has 1 saturated carbocycles. The number of nitro groups is 1. The van der Waals surface area contributed by atoms with E-state index in [1.807, 2.05) is 12.1 Å². The lowest BCUT2D eigenvalue weighted by molar-refractivity contribution is -0.384. The second-order valence-corrected chi connectivity index (χ2v) is 7.34. The zero-order chi connectivity index (χ0) is 21.3. The number of esters is 1. The number of hydrogen-bond donors (Lipinski definition) is 1. The van der Waals surface area contributed by atoms with Gasteiger partial charge in [0, 0.05) is 29.1 Å². The highest BCUT2D eigenvalue weighted by Gasteiger charge is 2.27. The molecule has 0 bridgehead atoms. The number of ether oxygens (including phenoxy) is 1. The van der Waals surface area contributed by atoms with E-state index < -0.39 is 23.4 Å². The van der Waals surface area contributed by atoms with Gasteiger partial charge in [0.15, 0.2) is 6.61 Å². The molecule has 0 unspecified atom stereocenters. The van der Waals surface area contributed by atoms with E-state index in [4.69, 9.17) is 16.3 Å². The molecular formula is C21H16ClN3O5. The second-order valence-electron chi connectivity index (χ2n) is 6.93. The quantitative estimate of drug-likeness (QED) is 0.354. The van der Waals surface area contributed by atoms with Gasteiger partial charge < -0.3 is 10.1 Å². The zero-order valence-corrected chi connectivity index (χ0v) is 16.4. The van der Waals surface area contributed by atoms with Crippen LogP contribution in [0.15, 0.2) is 48.5 Å². The van der Waals surface area contributed by atoms with Gasteiger partial charge in [-0.05, 0) is 31.0 Å². The minimum Gasteiger partial charge on any atom is -0.452 e. The summed E-state index contributed by atoms with van der Waals surface area (Å²) in [5, 5.41) is 14.1. The van der Waals surface area contributed by atoms with E-state index in [9.17, 15) is 19.7 Å². The van der Waals surface area contributed by atoms with Crippen molar-refractivity contribution < 1.29 is 19.2 Å². The first-order valence-corrected chi connectivity index (χ1v) is 9.61. The molecule has 1 aliphatic rings. The van der Waals surface area contributed by atoms with Crippen LogP contribution in [-0.2, 0) is 9.53 Å². The summed E-state index contributed by atoms with van der Waals surface area (Å²) in [6.07, 6.45) is 2.07. The largest absolute Gasteiger partial charge is 0.452 e. The number of nitrogens with one attached hydrogen (secondary N) is 1. The number of non-ortho nitro benzene ring substituents is 1. The summed E-state index contributed by atoms with van der Waals surface area (Å²) < 4.78 is 5.19. The van der Waals surface area contributed by atoms with E-state index >= 15 is 0 Å². The van der Waals surface area contributed by atoms with Gasteiger partial charge in [-0.25, -0.2) is 4.79 Å². The van der Waals surface area contributed by atoms with Gasteiger partial charge in [0.05, 0.1) is 26.7 Å². The maximum Gasteiger partial charge on any atom is 0.339 e. The summed E-state index contributed by atoms with van der Waals surface area (Å²) in [7, 11) is 0. The Bertz CT molecular complexity index is 1180. The fraction of sp³-hybridized carbons (Fsp3) is 0.190. The molecule has 9 heteroatoms. The molecule has 0 aliphatic heterocycles. The molecular weight excluding hydrogens is 410 g/mol. The molecule has 8 nitrogen and oxygen atoms in total. The number of para-hydroxylation sites is 1. The molecule has 0 atom stereocenters. The monoisotopic (exact) mass is 425 g/mol. The highest BCUT2D eigenvalue weighted by Crippen LogP contribution is 2.40. The molecule has 2 aromatic carbocycles. The summed E-state index contributed by atoms with van der Waals surface area (Å²) in [4.78, 5) is 39.8. The number of amides is 1. The average Bonchev–Trinajstić information content (AvgIpc) is 3.58. The van der Waals surface area contributed by atoms with Crippen molar-refractivity contribution in [2.24, 2.45) is 0 Å². The molecule has 4 rings (SSSR count). The Morgan fingerprint density at radius 2 is 1.97 bits per heavy atom. The minimum atomic E-state index is -0.661. The van der Waals surface area contributed by atoms with Crippen molar-refractivity contribution in [2.75, 3.05) is 11.9 Å². The second kappa shape index (κ2) is 8.08. The Balaban J connectivity index is 1.48. The topological polar surface area (TPSA) is 111 Å². The van der Waals surface area contributed by atoms with Crippen molar-refractivity contribution in [3.8, 4) is 0 Å². The predicted molar refractivity (Wildman–Crippen MR) is 111 cm³/mol. The Labute approximate surface area is 176 Å². The predicted octanol–water partition coefficient (Wildman–Crippen LogP) is 4.47. The van der Waals surface area contributed by atoms with E-state index in [1.54, 1.807) is 18.2 Å². The van der Waals surface area contributed by atoms with Crippen molar-refractivity contribution in [1.82, 2.24) is 4.98 Å². The molecule has 0 spiro atoms. The van der Waals surface area contributed by atoms with Gasteiger partial charge in [-0.3, -0.25) is 19.9 Å². The van der Waals surface area contributed by atoms with Crippen molar-refractivity contribution in [2.45, 2.75) is 18.8 Å². The van der Waals surface area contributed by atoms with Crippen LogP contribution in [-0.4, -0.2) is 28.4 Å². The summed E-state index contributed by atoms with van der Waals surface area (Å²) in [5.41, 5.74) is 1.73. The molecule has 152 valence electrons. The van der Waals surface area contributed by atoms with E-state index in [2.05, 4.69) is 10.3 Å². The van der Waals surface area contributed by atoms with Crippen molar-refractivity contribution in [1.29, 1.82) is 0 Å². The highest BCUT2D eigenvalue weighted by molar-refractivity contribution is 6.33. The van der Waals surface area contributed by atoms with E-state index in [0.717, 1.165) is 24.6 Å². The Morgan fingerprint density at radius 3 is 2.70 bits per heavy atom. The number of benzene rings is 2. The summed E-state index contributed by atoms with van der Waals surface area (Å²) in [5.74, 6) is -0.956. The standard InChI is InChI=1S/C21H16ClN3O5/c22-16-8-7-13(25(28)29)9-19(16)24-20(26)11-30-21(27)15-10-18(12-5-6-12)23-17-4-2-1-3-14(15)17/h1-4,7-10,12H,5-6,11H2,(H,24,26). The SMILES string of the molecule is O=C(COC(=O)c1cc(C2CC2)nc2ccccc12)Nc1cc([N+](=O)[O-])ccc1Cl. The van der Waals surface area contributed by atoms with Crippen molar-refractivity contribution in [3.63, 3.8) is 0 Å². The number of carbonyl (C=O) groups is 2. The van der Waals surface area contributed by atoms with Crippen molar-refractivity contribution >= 4 is 45.8 Å². The van der Waals surface area contributed by atoms with Crippen LogP contribution in [0.5, 0.6) is 0 Å². The molecule has 1 heterocycles. The fourth-order valence-electron chi connectivity index (χ4n) is 3.07. The van der Waals surface area contributed by atoms with Gasteiger partial charge in [-0.1, -0.05) is 29.8 Å². The molecule has 30 heavy (non-hydrogen) atoms. The van der Waals surface area contributed by atoms with Crippen LogP contribution in [0.25, 0.3) is 10.9 Å². The fourth-order valence-corrected chi connectivity index (χ4v) is 3.24. The van der Waals surface area contributed by atoms with Crippen LogP contribution >= 0.6 is 11.6 Å². The number of aromatic nitrogens is 1. The third kappa shape index (κ3) is 4.23.